The van der Waals surface area contributed by atoms with Crippen molar-refractivity contribution in [3.63, 3.8) is 0 Å². The number of carbonyl (C=O) groups excluding carboxylic acids is 1. The third kappa shape index (κ3) is 3.51. The zero-order valence-corrected chi connectivity index (χ0v) is 15.2. The highest BCUT2D eigenvalue weighted by Gasteiger charge is 2.23. The lowest BCUT2D eigenvalue weighted by Gasteiger charge is -2.14. The fourth-order valence-electron chi connectivity index (χ4n) is 3.46. The third-order valence-electron chi connectivity index (χ3n) is 4.90. The number of benzene rings is 2. The van der Waals surface area contributed by atoms with E-state index in [9.17, 15) is 9.59 Å². The lowest BCUT2D eigenvalue weighted by Crippen LogP contribution is -2.32. The predicted octanol–water partition coefficient (Wildman–Crippen LogP) is 3.68. The van der Waals surface area contributed by atoms with Crippen molar-refractivity contribution < 1.29 is 13.9 Å². The third-order valence-corrected chi connectivity index (χ3v) is 4.90. The lowest BCUT2D eigenvalue weighted by atomic mass is 9.97. The maximum Gasteiger partial charge on any atom is 0.344 e. The zero-order valence-electron chi connectivity index (χ0n) is 15.2. The van der Waals surface area contributed by atoms with Crippen molar-refractivity contribution in [1.82, 2.24) is 5.32 Å². The van der Waals surface area contributed by atoms with Gasteiger partial charge in [0.25, 0.3) is 5.91 Å². The van der Waals surface area contributed by atoms with Gasteiger partial charge in [0.1, 0.15) is 0 Å². The Kier molecular flexibility index (Phi) is 4.77. The van der Waals surface area contributed by atoms with Crippen LogP contribution in [0.5, 0.6) is 0 Å². The van der Waals surface area contributed by atoms with E-state index in [-0.39, 0.29) is 11.9 Å². The van der Waals surface area contributed by atoms with Gasteiger partial charge < -0.3 is 14.5 Å². The van der Waals surface area contributed by atoms with E-state index in [0.29, 0.717) is 22.9 Å². The Bertz CT molecular complexity index is 1030. The van der Waals surface area contributed by atoms with Gasteiger partial charge >= 0.3 is 5.63 Å². The summed E-state index contributed by atoms with van der Waals surface area (Å²) in [7, 11) is 0. The molecule has 0 spiro atoms. The SMILES string of the molecule is Cc1ccc(-c2c(C(=O)NCC3CCCO3)oc(=O)c3ccccc23)cc1. The summed E-state index contributed by atoms with van der Waals surface area (Å²) in [4.78, 5) is 25.3. The number of fused-ring (bicyclic) bond motifs is 1. The van der Waals surface area contributed by atoms with E-state index < -0.39 is 11.5 Å². The Morgan fingerprint density at radius 1 is 1.11 bits per heavy atom. The van der Waals surface area contributed by atoms with Crippen molar-refractivity contribution in [2.45, 2.75) is 25.9 Å². The molecule has 1 atom stereocenters. The predicted molar refractivity (Wildman–Crippen MR) is 104 cm³/mol. The second-order valence-electron chi connectivity index (χ2n) is 6.85. The van der Waals surface area contributed by atoms with E-state index in [1.165, 1.54) is 0 Å². The molecule has 138 valence electrons. The quantitative estimate of drug-likeness (QED) is 0.768. The van der Waals surface area contributed by atoms with Crippen LogP contribution in [-0.2, 0) is 4.74 Å². The average molecular weight is 363 g/mol. The Labute approximate surface area is 157 Å². The molecule has 0 saturated carbocycles. The molecule has 1 unspecified atom stereocenters. The topological polar surface area (TPSA) is 68.5 Å². The summed E-state index contributed by atoms with van der Waals surface area (Å²) in [5.41, 5.74) is 2.08. The molecular weight excluding hydrogens is 342 g/mol. The van der Waals surface area contributed by atoms with Gasteiger partial charge in [-0.05, 0) is 31.4 Å². The molecule has 3 aromatic rings. The highest BCUT2D eigenvalue weighted by molar-refractivity contribution is 6.07. The molecule has 2 aromatic carbocycles. The van der Waals surface area contributed by atoms with Crippen LogP contribution in [0.25, 0.3) is 21.9 Å². The molecule has 0 bridgehead atoms. The number of rotatable bonds is 4. The van der Waals surface area contributed by atoms with Gasteiger partial charge in [-0.1, -0.05) is 48.0 Å². The van der Waals surface area contributed by atoms with E-state index in [2.05, 4.69) is 5.32 Å². The van der Waals surface area contributed by atoms with Crippen LogP contribution in [0, 0.1) is 6.92 Å². The molecule has 4 rings (SSSR count). The molecule has 0 radical (unpaired) electrons. The van der Waals surface area contributed by atoms with Crippen LogP contribution in [-0.4, -0.2) is 25.2 Å². The minimum atomic E-state index is -0.510. The molecule has 2 heterocycles. The fourth-order valence-corrected chi connectivity index (χ4v) is 3.46. The van der Waals surface area contributed by atoms with Crippen molar-refractivity contribution in [2.24, 2.45) is 0 Å². The molecule has 5 nitrogen and oxygen atoms in total. The second-order valence-corrected chi connectivity index (χ2v) is 6.85. The molecule has 5 heteroatoms. The fraction of sp³-hybridized carbons (Fsp3) is 0.273. The van der Waals surface area contributed by atoms with E-state index in [0.717, 1.165) is 30.6 Å². The normalized spacial score (nSPS) is 16.6. The Hall–Kier alpha value is -2.92. The Balaban J connectivity index is 1.80. The summed E-state index contributed by atoms with van der Waals surface area (Å²) in [5.74, 6) is -0.357. The van der Waals surface area contributed by atoms with Crippen LogP contribution < -0.4 is 10.9 Å². The first kappa shape index (κ1) is 17.5. The van der Waals surface area contributed by atoms with Crippen LogP contribution in [0.4, 0.5) is 0 Å². The highest BCUT2D eigenvalue weighted by Crippen LogP contribution is 2.31. The summed E-state index contributed by atoms with van der Waals surface area (Å²) in [6.07, 6.45) is 1.94. The van der Waals surface area contributed by atoms with Gasteiger partial charge in [0.15, 0.2) is 0 Å². The number of nitrogens with one attached hydrogen (secondary N) is 1. The van der Waals surface area contributed by atoms with Gasteiger partial charge in [0.2, 0.25) is 5.76 Å². The summed E-state index contributed by atoms with van der Waals surface area (Å²) in [6, 6.07) is 15.0. The van der Waals surface area contributed by atoms with E-state index >= 15 is 0 Å². The molecule has 27 heavy (non-hydrogen) atoms. The number of ether oxygens (including phenoxy) is 1. The molecule has 1 N–H and O–H groups in total. The van der Waals surface area contributed by atoms with E-state index in [1.54, 1.807) is 12.1 Å². The highest BCUT2D eigenvalue weighted by atomic mass is 16.5. The van der Waals surface area contributed by atoms with Crippen LogP contribution in [0.15, 0.2) is 57.7 Å². The Morgan fingerprint density at radius 3 is 2.56 bits per heavy atom. The maximum absolute atomic E-state index is 12.9. The summed E-state index contributed by atoms with van der Waals surface area (Å²) >= 11 is 0. The maximum atomic E-state index is 12.9. The minimum Gasteiger partial charge on any atom is -0.416 e. The molecular formula is C22H21NO4. The molecule has 1 saturated heterocycles. The molecule has 1 aromatic heterocycles. The van der Waals surface area contributed by atoms with Crippen LogP contribution in [0.2, 0.25) is 0 Å². The first-order chi connectivity index (χ1) is 13.1. The molecule has 1 amide bonds. The molecule has 1 aliphatic heterocycles. The van der Waals surface area contributed by atoms with Crippen molar-refractivity contribution in [2.75, 3.05) is 13.2 Å². The monoisotopic (exact) mass is 363 g/mol. The van der Waals surface area contributed by atoms with Crippen molar-refractivity contribution in [3.05, 3.63) is 70.3 Å². The number of hydrogen-bond donors (Lipinski definition) is 1. The van der Waals surface area contributed by atoms with Crippen LogP contribution in [0.3, 0.4) is 0 Å². The van der Waals surface area contributed by atoms with Gasteiger partial charge in [0.05, 0.1) is 11.5 Å². The summed E-state index contributed by atoms with van der Waals surface area (Å²) in [6.45, 7) is 3.13. The molecule has 1 fully saturated rings. The van der Waals surface area contributed by atoms with Gasteiger partial charge in [0, 0.05) is 24.1 Å². The second kappa shape index (κ2) is 7.37. The van der Waals surface area contributed by atoms with Gasteiger partial charge in [-0.3, -0.25) is 4.79 Å². The molecule has 1 aliphatic rings. The number of aryl methyl sites for hydroxylation is 1. The van der Waals surface area contributed by atoms with Crippen molar-refractivity contribution in [3.8, 4) is 11.1 Å². The first-order valence-corrected chi connectivity index (χ1v) is 9.16. The largest absolute Gasteiger partial charge is 0.416 e. The lowest BCUT2D eigenvalue weighted by molar-refractivity contribution is 0.0833. The van der Waals surface area contributed by atoms with Crippen molar-refractivity contribution >= 4 is 16.7 Å². The first-order valence-electron chi connectivity index (χ1n) is 9.16. The Morgan fingerprint density at radius 2 is 1.85 bits per heavy atom. The summed E-state index contributed by atoms with van der Waals surface area (Å²) in [5, 5.41) is 4.03. The minimum absolute atomic E-state index is 0.0175. The summed E-state index contributed by atoms with van der Waals surface area (Å²) < 4.78 is 11.0. The van der Waals surface area contributed by atoms with Gasteiger partial charge in [-0.2, -0.15) is 0 Å². The average Bonchev–Trinajstić information content (AvgIpc) is 3.21. The van der Waals surface area contributed by atoms with E-state index in [1.807, 2.05) is 43.3 Å². The van der Waals surface area contributed by atoms with Gasteiger partial charge in [-0.25, -0.2) is 4.79 Å². The standard InChI is InChI=1S/C22H21NO4/c1-14-8-10-15(11-9-14)19-17-6-2-3-7-18(17)22(25)27-20(19)21(24)23-13-16-5-4-12-26-16/h2-3,6-11,16H,4-5,12-13H2,1H3,(H,23,24). The number of carbonyl (C=O) groups is 1. The zero-order chi connectivity index (χ0) is 18.8. The van der Waals surface area contributed by atoms with Crippen LogP contribution >= 0.6 is 0 Å². The molecule has 0 aliphatic carbocycles. The van der Waals surface area contributed by atoms with Crippen molar-refractivity contribution in [1.29, 1.82) is 0 Å². The number of hydrogen-bond acceptors (Lipinski definition) is 4. The smallest absolute Gasteiger partial charge is 0.344 e. The van der Waals surface area contributed by atoms with E-state index in [4.69, 9.17) is 9.15 Å². The number of amides is 1. The van der Waals surface area contributed by atoms with Crippen LogP contribution in [0.1, 0.15) is 29.0 Å². The van der Waals surface area contributed by atoms with Gasteiger partial charge in [-0.15, -0.1) is 0 Å².